The number of nitrogens with one attached hydrogen (secondary N) is 1. The number of Topliss-reactive ketones (excluding diaryl/α,β-unsaturated/α-hetero) is 1. The van der Waals surface area contributed by atoms with E-state index in [9.17, 15) is 13.2 Å². The van der Waals surface area contributed by atoms with Gasteiger partial charge in [-0.1, -0.05) is 17.7 Å². The molecule has 0 heterocycles. The summed E-state index contributed by atoms with van der Waals surface area (Å²) >= 11 is 0. The van der Waals surface area contributed by atoms with Gasteiger partial charge in [0.05, 0.1) is 10.9 Å². The Morgan fingerprint density at radius 3 is 2.35 bits per heavy atom. The zero-order valence-electron chi connectivity index (χ0n) is 10.4. The molecule has 4 nitrogen and oxygen atoms in total. The maximum Gasteiger partial charge on any atom is 0.241 e. The lowest BCUT2D eigenvalue weighted by Gasteiger charge is -2.13. The molecule has 1 aromatic rings. The number of benzene rings is 1. The fourth-order valence-corrected chi connectivity index (χ4v) is 2.97. The Balaban J connectivity index is 3.10. The van der Waals surface area contributed by atoms with Gasteiger partial charge >= 0.3 is 0 Å². The van der Waals surface area contributed by atoms with Gasteiger partial charge < -0.3 is 0 Å². The highest BCUT2D eigenvalue weighted by Crippen LogP contribution is 2.16. The minimum absolute atomic E-state index is 0.210. The zero-order valence-corrected chi connectivity index (χ0v) is 11.3. The van der Waals surface area contributed by atoms with Gasteiger partial charge in [-0.15, -0.1) is 0 Å². The predicted octanol–water partition coefficient (Wildman–Crippen LogP) is 1.56. The van der Waals surface area contributed by atoms with E-state index in [1.54, 1.807) is 25.1 Å². The molecule has 94 valence electrons. The van der Waals surface area contributed by atoms with Gasteiger partial charge in [-0.05, 0) is 39.3 Å². The summed E-state index contributed by atoms with van der Waals surface area (Å²) in [6.07, 6.45) is 0. The topological polar surface area (TPSA) is 63.2 Å². The van der Waals surface area contributed by atoms with E-state index < -0.39 is 16.1 Å². The number of carbonyl (C=O) groups excluding carboxylic acids is 1. The van der Waals surface area contributed by atoms with Crippen LogP contribution in [-0.4, -0.2) is 20.2 Å². The van der Waals surface area contributed by atoms with Crippen LogP contribution in [-0.2, 0) is 14.8 Å². The minimum atomic E-state index is -3.62. The maximum atomic E-state index is 12.0. The van der Waals surface area contributed by atoms with E-state index in [0.717, 1.165) is 5.56 Å². The van der Waals surface area contributed by atoms with Gasteiger partial charge in [-0.2, -0.15) is 0 Å². The number of rotatable bonds is 4. The molecule has 0 fully saturated rings. The first-order valence-electron chi connectivity index (χ1n) is 5.34. The summed E-state index contributed by atoms with van der Waals surface area (Å²) in [7, 11) is -3.62. The molecule has 0 saturated heterocycles. The summed E-state index contributed by atoms with van der Waals surface area (Å²) in [5.74, 6) is -0.210. The van der Waals surface area contributed by atoms with Crippen molar-refractivity contribution < 1.29 is 13.2 Å². The number of aryl methyl sites for hydroxylation is 2. The standard InChI is InChI=1S/C12H17NO3S/c1-8-5-6-12(9(2)7-8)17(15,16)13-10(3)11(4)14/h5-7,10,13H,1-4H3. The van der Waals surface area contributed by atoms with Crippen LogP contribution in [0.2, 0.25) is 0 Å². The van der Waals surface area contributed by atoms with Crippen molar-refractivity contribution in [3.63, 3.8) is 0 Å². The highest BCUT2D eigenvalue weighted by molar-refractivity contribution is 7.89. The van der Waals surface area contributed by atoms with Gasteiger partial charge in [-0.3, -0.25) is 4.79 Å². The summed E-state index contributed by atoms with van der Waals surface area (Å²) in [6, 6.07) is 4.38. The van der Waals surface area contributed by atoms with E-state index >= 15 is 0 Å². The number of carbonyl (C=O) groups is 1. The normalized spacial score (nSPS) is 13.4. The average Bonchev–Trinajstić information content (AvgIpc) is 2.15. The molecule has 0 bridgehead atoms. The summed E-state index contributed by atoms with van der Waals surface area (Å²) in [5.41, 5.74) is 1.68. The molecule has 1 rings (SSSR count). The average molecular weight is 255 g/mol. The Morgan fingerprint density at radius 2 is 1.88 bits per heavy atom. The van der Waals surface area contributed by atoms with Crippen LogP contribution in [0.15, 0.2) is 23.1 Å². The molecule has 1 aromatic carbocycles. The second-order valence-corrected chi connectivity index (χ2v) is 5.90. The van der Waals surface area contributed by atoms with Crippen LogP contribution in [0.3, 0.4) is 0 Å². The first-order valence-corrected chi connectivity index (χ1v) is 6.82. The first kappa shape index (κ1) is 13.9. The molecule has 0 aliphatic rings. The number of ketones is 1. The SMILES string of the molecule is CC(=O)C(C)NS(=O)(=O)c1ccc(C)cc1C. The third-order valence-electron chi connectivity index (χ3n) is 2.56. The van der Waals surface area contributed by atoms with Crippen molar-refractivity contribution >= 4 is 15.8 Å². The minimum Gasteiger partial charge on any atom is -0.298 e. The van der Waals surface area contributed by atoms with E-state index in [2.05, 4.69) is 4.72 Å². The molecule has 0 amide bonds. The van der Waals surface area contributed by atoms with Crippen LogP contribution in [0.25, 0.3) is 0 Å². The molecule has 0 spiro atoms. The van der Waals surface area contributed by atoms with E-state index in [4.69, 9.17) is 0 Å². The van der Waals surface area contributed by atoms with Crippen molar-refractivity contribution in [2.45, 2.75) is 38.6 Å². The van der Waals surface area contributed by atoms with Crippen LogP contribution < -0.4 is 4.72 Å². The van der Waals surface area contributed by atoms with Crippen molar-refractivity contribution in [3.8, 4) is 0 Å². The van der Waals surface area contributed by atoms with Gasteiger partial charge in [0.25, 0.3) is 0 Å². The zero-order chi connectivity index (χ0) is 13.2. The Morgan fingerprint density at radius 1 is 1.29 bits per heavy atom. The number of hydrogen-bond acceptors (Lipinski definition) is 3. The Hall–Kier alpha value is -1.20. The molecule has 5 heteroatoms. The van der Waals surface area contributed by atoms with Crippen LogP contribution >= 0.6 is 0 Å². The summed E-state index contributed by atoms with van der Waals surface area (Å²) in [4.78, 5) is 11.3. The van der Waals surface area contributed by atoms with Crippen molar-refractivity contribution in [2.75, 3.05) is 0 Å². The smallest absolute Gasteiger partial charge is 0.241 e. The maximum absolute atomic E-state index is 12.0. The predicted molar refractivity (Wildman–Crippen MR) is 66.4 cm³/mol. The second kappa shape index (κ2) is 4.98. The Kier molecular flexibility index (Phi) is 4.06. The summed E-state index contributed by atoms with van der Waals surface area (Å²) in [5, 5.41) is 0. The molecule has 0 aliphatic carbocycles. The van der Waals surface area contributed by atoms with Gasteiger partial charge in [0.1, 0.15) is 5.78 Å². The molecule has 17 heavy (non-hydrogen) atoms. The van der Waals surface area contributed by atoms with Gasteiger partial charge in [-0.25, -0.2) is 13.1 Å². The fraction of sp³-hybridized carbons (Fsp3) is 0.417. The van der Waals surface area contributed by atoms with Crippen molar-refractivity contribution in [3.05, 3.63) is 29.3 Å². The van der Waals surface area contributed by atoms with Gasteiger partial charge in [0, 0.05) is 0 Å². The molecule has 0 saturated carbocycles. The van der Waals surface area contributed by atoms with Gasteiger partial charge in [0.15, 0.2) is 0 Å². The van der Waals surface area contributed by atoms with E-state index in [1.807, 2.05) is 6.92 Å². The van der Waals surface area contributed by atoms with Gasteiger partial charge in [0.2, 0.25) is 10.0 Å². The highest BCUT2D eigenvalue weighted by atomic mass is 32.2. The third kappa shape index (κ3) is 3.38. The molecular formula is C12H17NO3S. The quantitative estimate of drug-likeness (QED) is 0.888. The summed E-state index contributed by atoms with van der Waals surface area (Å²) < 4.78 is 26.4. The van der Waals surface area contributed by atoms with Crippen molar-refractivity contribution in [1.82, 2.24) is 4.72 Å². The summed E-state index contributed by atoms with van der Waals surface area (Å²) in [6.45, 7) is 6.52. The second-order valence-electron chi connectivity index (χ2n) is 4.22. The Labute approximate surface area is 102 Å². The van der Waals surface area contributed by atoms with Crippen molar-refractivity contribution in [1.29, 1.82) is 0 Å². The highest BCUT2D eigenvalue weighted by Gasteiger charge is 2.21. The number of sulfonamides is 1. The molecule has 1 unspecified atom stereocenters. The lowest BCUT2D eigenvalue weighted by atomic mass is 10.2. The third-order valence-corrected chi connectivity index (χ3v) is 4.26. The first-order chi connectivity index (χ1) is 7.74. The molecule has 0 aromatic heterocycles. The van der Waals surface area contributed by atoms with Crippen LogP contribution in [0.5, 0.6) is 0 Å². The molecule has 1 N–H and O–H groups in total. The van der Waals surface area contributed by atoms with Crippen molar-refractivity contribution in [2.24, 2.45) is 0 Å². The van der Waals surface area contributed by atoms with E-state index in [-0.39, 0.29) is 10.7 Å². The fourth-order valence-electron chi connectivity index (χ4n) is 1.48. The molecule has 1 atom stereocenters. The van der Waals surface area contributed by atoms with Crippen LogP contribution in [0.4, 0.5) is 0 Å². The molecule has 0 radical (unpaired) electrons. The van der Waals surface area contributed by atoms with E-state index in [1.165, 1.54) is 13.8 Å². The lowest BCUT2D eigenvalue weighted by Crippen LogP contribution is -2.37. The lowest BCUT2D eigenvalue weighted by molar-refractivity contribution is -0.118. The Bertz CT molecular complexity index is 535. The van der Waals surface area contributed by atoms with E-state index in [0.29, 0.717) is 5.56 Å². The van der Waals surface area contributed by atoms with Crippen LogP contribution in [0.1, 0.15) is 25.0 Å². The molecular weight excluding hydrogens is 238 g/mol. The number of hydrogen-bond donors (Lipinski definition) is 1. The molecule has 0 aliphatic heterocycles. The monoisotopic (exact) mass is 255 g/mol. The van der Waals surface area contributed by atoms with Crippen LogP contribution in [0, 0.1) is 13.8 Å². The largest absolute Gasteiger partial charge is 0.298 e.